The van der Waals surface area contributed by atoms with Crippen LogP contribution in [0.25, 0.3) is 256 Å². The van der Waals surface area contributed by atoms with Crippen LogP contribution in [-0.2, 0) is 0 Å². The van der Waals surface area contributed by atoms with Gasteiger partial charge in [0.15, 0.2) is 0 Å². The molecule has 16 heteroatoms. The third-order valence-electron chi connectivity index (χ3n) is 28.7. The maximum atomic E-state index is 5.42. The Kier molecular flexibility index (Phi) is 20.2. The van der Waals surface area contributed by atoms with Crippen LogP contribution in [-0.4, -0.2) is 109 Å². The molecule has 0 saturated carbocycles. The zero-order chi connectivity index (χ0) is 94.5. The summed E-state index contributed by atoms with van der Waals surface area (Å²) in [4.78, 5) is 42.5. The van der Waals surface area contributed by atoms with Crippen molar-refractivity contribution in [2.45, 2.75) is 13.1 Å². The maximum Gasteiger partial charge on any atom is -0.0380 e. The molecular weight excluding hydrogens is 1960 g/mol. The van der Waals surface area contributed by atoms with Crippen molar-refractivity contribution in [3.05, 3.63) is 458 Å². The summed E-state index contributed by atoms with van der Waals surface area (Å²) in [6.45, 7) is 4.93. The van der Waals surface area contributed by atoms with E-state index in [1.807, 2.05) is 30.6 Å². The fraction of sp³-hybridized carbons (Fsp3) is 0.0157. The van der Waals surface area contributed by atoms with Crippen molar-refractivity contribution in [3.8, 4) is 85.2 Å². The predicted octanol–water partition coefficient (Wildman–Crippen LogP) is 29.6. The van der Waals surface area contributed by atoms with Crippen LogP contribution in [0.5, 0.6) is 0 Å². The summed E-state index contributed by atoms with van der Waals surface area (Å²) in [6, 6.07) is 151. The molecule has 0 saturated heterocycles. The number of para-hydroxylation sites is 7. The molecule has 0 aliphatic carbocycles. The SMILES string of the molecule is C[Si]1(C)c2ccccc2-c2ccc3c(ccn3-c3nc(-c4ccccc4)c4ccccc4n3)c21.c1ccc(-c2cc(-n3c4ccccc4c4ccc5[se]ccc5c43)nc3ccncc23)cc1.c1ccc(-c2nc(-n3c4ccccc4c4ccc5[se]ccc5c43)cc3ccccc23)cc1.c1ccc(-n2c3ccccc3c3cc(-c4nc(-n5c6ccccc6c6ccc7[se]ccc7c65)nc5ccccc45)ccc32)cc1. The van der Waals surface area contributed by atoms with E-state index in [4.69, 9.17) is 29.9 Å². The van der Waals surface area contributed by atoms with Gasteiger partial charge in [-0.25, -0.2) is 9.97 Å². The van der Waals surface area contributed by atoms with E-state index in [2.05, 4.69) is 468 Å². The fourth-order valence-electron chi connectivity index (χ4n) is 22.4. The van der Waals surface area contributed by atoms with Crippen LogP contribution < -0.4 is 10.4 Å². The molecule has 14 heterocycles. The van der Waals surface area contributed by atoms with Gasteiger partial charge in [0.1, 0.15) is 8.07 Å². The summed E-state index contributed by atoms with van der Waals surface area (Å²) in [5.41, 5.74) is 26.1. The van der Waals surface area contributed by atoms with E-state index in [-0.39, 0.29) is 0 Å². The summed E-state index contributed by atoms with van der Waals surface area (Å²) < 4.78 is 15.8. The van der Waals surface area contributed by atoms with Crippen molar-refractivity contribution in [3.63, 3.8) is 0 Å². The molecule has 0 N–H and O–H groups in total. The second-order valence-corrected chi connectivity index (χ2v) is 47.2. The number of benzene rings is 17. The number of rotatable bonds is 9. The number of hydrogen-bond donors (Lipinski definition) is 0. The van der Waals surface area contributed by atoms with Crippen LogP contribution >= 0.6 is 0 Å². The number of pyridine rings is 3. The van der Waals surface area contributed by atoms with E-state index < -0.39 is 8.07 Å². The molecule has 17 aromatic carbocycles. The Morgan fingerprint density at radius 1 is 0.245 bits per heavy atom. The smallest absolute Gasteiger partial charge is 0.0380 e. The molecule has 0 spiro atoms. The zero-order valence-corrected chi connectivity index (χ0v) is 83.6. The van der Waals surface area contributed by atoms with Crippen LogP contribution in [0.15, 0.2) is 458 Å². The molecule has 0 unspecified atom stereocenters. The van der Waals surface area contributed by atoms with Crippen molar-refractivity contribution in [1.29, 1.82) is 0 Å². The standard InChI is InChI=1S/C40H24N4Se.C30H23N3Si.C29H18N2Se.C28H17N3Se/c1-2-10-26(11-3-1)43-34-16-8-6-13-28(34)32-24-25(18-20-36(32)43)38-30-14-4-7-15-33(30)41-40(42-38)44-35-17-9-5-12-27(35)29-19-21-37-31(39(29)44)22-23-45-37;1-34(2)27-15-9-7-12-21(27)22-16-17-26-24(29(22)34)18-19-33(26)30-31-25-14-8-6-13-23(25)28(32-30)20-10-4-3-5-11-20;1-2-8-19(9-3-1)28-21-11-5-4-10-20(21)18-27(30-28)31-25-13-7-6-12-22(25)23-14-15-26-24(29(23)31)16-17-32-26;1-2-6-18(7-3-1)22-16-27(30-24-12-14-29-17-23(22)24)31-25-9-5-4-8-19(25)20-10-11-26-21(28(20)31)13-15-32-26/h1-24H;3-19H,1-2H3;1-18H;1-17H. The van der Waals surface area contributed by atoms with Crippen LogP contribution in [0.2, 0.25) is 13.1 Å². The average Bonchev–Trinajstić information content (AvgIpc) is 1.56. The van der Waals surface area contributed by atoms with Crippen molar-refractivity contribution in [1.82, 2.24) is 57.7 Å². The monoisotopic (exact) mass is 2040 g/mol. The molecule has 0 bridgehead atoms. The second-order valence-electron chi connectivity index (χ2n) is 37.0. The summed E-state index contributed by atoms with van der Waals surface area (Å²) in [6.07, 6.45) is 5.88. The minimum Gasteiger partial charge on any atom is -0.0602 e. The summed E-state index contributed by atoms with van der Waals surface area (Å²) in [5.74, 6) is 3.32. The maximum absolute atomic E-state index is 5.42. The molecule has 1 aliphatic heterocycles. The Balaban J connectivity index is 0.0000000940. The minimum absolute atomic E-state index is 0.342. The molecule has 143 heavy (non-hydrogen) atoms. The summed E-state index contributed by atoms with van der Waals surface area (Å²) >= 11 is 1.13. The van der Waals surface area contributed by atoms with Gasteiger partial charge in [-0.15, -0.1) is 0 Å². The summed E-state index contributed by atoms with van der Waals surface area (Å²) in [5, 5.41) is 23.9. The molecule has 0 fully saturated rings. The molecule has 31 rings (SSSR count). The van der Waals surface area contributed by atoms with Gasteiger partial charge in [-0.2, -0.15) is 0 Å². The predicted molar refractivity (Wildman–Crippen MR) is 602 cm³/mol. The van der Waals surface area contributed by atoms with E-state index in [1.165, 1.54) is 159 Å². The summed E-state index contributed by atoms with van der Waals surface area (Å²) in [7, 11) is -1.79. The molecule has 0 atom stereocenters. The Bertz CT molecular complexity index is 10100. The van der Waals surface area contributed by atoms with Crippen molar-refractivity contribution < 1.29 is 0 Å². The molecule has 13 aromatic heterocycles. The number of nitrogens with zero attached hydrogens (tertiary/aromatic N) is 12. The third kappa shape index (κ3) is 13.8. The first-order chi connectivity index (χ1) is 70.7. The number of fused-ring (bicyclic) bond motifs is 27. The van der Waals surface area contributed by atoms with Crippen LogP contribution in [0.4, 0.5) is 0 Å². The van der Waals surface area contributed by atoms with Gasteiger partial charge in [-0.05, 0) is 57.9 Å². The van der Waals surface area contributed by atoms with E-state index in [1.54, 1.807) is 0 Å². The first kappa shape index (κ1) is 84.2. The van der Waals surface area contributed by atoms with Gasteiger partial charge in [0, 0.05) is 28.2 Å². The Morgan fingerprint density at radius 2 is 0.685 bits per heavy atom. The van der Waals surface area contributed by atoms with Crippen molar-refractivity contribution in [2.75, 3.05) is 0 Å². The average molecular weight is 2040 g/mol. The van der Waals surface area contributed by atoms with Gasteiger partial charge in [-0.3, -0.25) is 4.57 Å². The van der Waals surface area contributed by atoms with Gasteiger partial charge in [0.25, 0.3) is 0 Å². The van der Waals surface area contributed by atoms with Gasteiger partial charge in [0.2, 0.25) is 5.95 Å². The molecule has 0 radical (unpaired) electrons. The molecule has 30 aromatic rings. The first-order valence-corrected chi connectivity index (χ1v) is 56.6. The van der Waals surface area contributed by atoms with Crippen LogP contribution in [0, 0.1) is 0 Å². The molecule has 12 nitrogen and oxygen atoms in total. The minimum atomic E-state index is -1.79. The van der Waals surface area contributed by atoms with Crippen molar-refractivity contribution in [2.24, 2.45) is 0 Å². The molecule has 0 amide bonds. The molecular formula is C127H82N12Se3Si. The zero-order valence-electron chi connectivity index (χ0n) is 77.5. The first-order valence-electron chi connectivity index (χ1n) is 48.1. The Morgan fingerprint density at radius 3 is 1.28 bits per heavy atom. The topological polar surface area (TPSA) is 115 Å². The number of hydrogen-bond acceptors (Lipinski definition) is 7. The second kappa shape index (κ2) is 34.3. The molecule has 1 aliphatic rings. The van der Waals surface area contributed by atoms with Gasteiger partial charge in [0.05, 0.1) is 16.7 Å². The van der Waals surface area contributed by atoms with Gasteiger partial charge >= 0.3 is 593 Å². The van der Waals surface area contributed by atoms with Crippen LogP contribution in [0.1, 0.15) is 0 Å². The normalized spacial score (nSPS) is 12.3. The third-order valence-corrected chi connectivity index (χ3v) is 37.8. The Labute approximate surface area is 839 Å². The largest absolute Gasteiger partial charge is 0.0602 e. The van der Waals surface area contributed by atoms with E-state index in [9.17, 15) is 0 Å². The number of aromatic nitrogens is 12. The van der Waals surface area contributed by atoms with Gasteiger partial charge < -0.3 is 0 Å². The molecule has 672 valence electrons. The van der Waals surface area contributed by atoms with E-state index >= 15 is 0 Å². The fourth-order valence-corrected chi connectivity index (χ4v) is 30.8. The van der Waals surface area contributed by atoms with E-state index in [0.29, 0.717) is 55.4 Å². The van der Waals surface area contributed by atoms with E-state index in [0.717, 1.165) is 94.9 Å². The van der Waals surface area contributed by atoms with Crippen LogP contribution in [0.3, 0.4) is 0 Å². The quantitative estimate of drug-likeness (QED) is 0.132. The Hall–Kier alpha value is -16.9. The van der Waals surface area contributed by atoms with Crippen molar-refractivity contribution >= 4 is 233 Å². The van der Waals surface area contributed by atoms with Gasteiger partial charge in [-0.1, -0.05) is 122 Å².